The van der Waals surface area contributed by atoms with Gasteiger partial charge in [0.15, 0.2) is 21.5 Å². The van der Waals surface area contributed by atoms with Gasteiger partial charge in [0.25, 0.3) is 0 Å². The van der Waals surface area contributed by atoms with Crippen LogP contribution in [0.3, 0.4) is 0 Å². The quantitative estimate of drug-likeness (QED) is 0.917. The molecule has 2 rings (SSSR count). The Kier molecular flexibility index (Phi) is 4.20. The first-order valence-corrected chi connectivity index (χ1v) is 8.08. The SMILES string of the molecule is NC(Cc1cccc(F)c1F)CC1CCS(=O)(=O)C1. The van der Waals surface area contributed by atoms with E-state index in [-0.39, 0.29) is 35.4 Å². The molecule has 1 aliphatic rings. The molecule has 2 atom stereocenters. The predicted molar refractivity (Wildman–Crippen MR) is 69.4 cm³/mol. The first-order valence-electron chi connectivity index (χ1n) is 6.26. The molecule has 106 valence electrons. The topological polar surface area (TPSA) is 60.2 Å². The molecule has 1 aromatic rings. The van der Waals surface area contributed by atoms with Gasteiger partial charge in [-0.2, -0.15) is 0 Å². The number of benzene rings is 1. The zero-order valence-corrected chi connectivity index (χ0v) is 11.3. The van der Waals surface area contributed by atoms with E-state index in [0.717, 1.165) is 6.07 Å². The minimum absolute atomic E-state index is 0.0385. The van der Waals surface area contributed by atoms with E-state index in [4.69, 9.17) is 5.73 Å². The van der Waals surface area contributed by atoms with Crippen LogP contribution >= 0.6 is 0 Å². The molecule has 2 N–H and O–H groups in total. The van der Waals surface area contributed by atoms with Crippen molar-refractivity contribution in [3.8, 4) is 0 Å². The molecule has 1 fully saturated rings. The predicted octanol–water partition coefficient (Wildman–Crippen LogP) is 1.66. The van der Waals surface area contributed by atoms with Gasteiger partial charge in [-0.3, -0.25) is 0 Å². The summed E-state index contributed by atoms with van der Waals surface area (Å²) in [6, 6.07) is 3.66. The molecule has 0 aromatic heterocycles. The van der Waals surface area contributed by atoms with Gasteiger partial charge in [-0.25, -0.2) is 17.2 Å². The van der Waals surface area contributed by atoms with Crippen molar-refractivity contribution in [2.45, 2.75) is 25.3 Å². The summed E-state index contributed by atoms with van der Waals surface area (Å²) in [5.41, 5.74) is 6.15. The average Bonchev–Trinajstić information content (AvgIpc) is 2.64. The van der Waals surface area contributed by atoms with Crippen LogP contribution in [0.15, 0.2) is 18.2 Å². The van der Waals surface area contributed by atoms with Crippen LogP contribution in [-0.2, 0) is 16.3 Å². The number of sulfone groups is 1. The zero-order chi connectivity index (χ0) is 14.0. The second kappa shape index (κ2) is 5.54. The van der Waals surface area contributed by atoms with Gasteiger partial charge < -0.3 is 5.73 Å². The minimum atomic E-state index is -2.92. The number of hydrogen-bond acceptors (Lipinski definition) is 3. The summed E-state index contributed by atoms with van der Waals surface area (Å²) >= 11 is 0. The Balaban J connectivity index is 1.95. The summed E-state index contributed by atoms with van der Waals surface area (Å²) in [6.45, 7) is 0. The van der Waals surface area contributed by atoms with Crippen molar-refractivity contribution < 1.29 is 17.2 Å². The standard InChI is InChI=1S/C13H17F2NO2S/c14-12-3-1-2-10(13(12)15)7-11(16)6-9-4-5-19(17,18)8-9/h1-3,9,11H,4-8,16H2. The van der Waals surface area contributed by atoms with Crippen LogP contribution in [0.25, 0.3) is 0 Å². The molecule has 0 saturated carbocycles. The first kappa shape index (κ1) is 14.4. The maximum Gasteiger partial charge on any atom is 0.162 e. The van der Waals surface area contributed by atoms with Gasteiger partial charge in [0.2, 0.25) is 0 Å². The van der Waals surface area contributed by atoms with Gasteiger partial charge in [0, 0.05) is 6.04 Å². The van der Waals surface area contributed by atoms with Gasteiger partial charge in [-0.05, 0) is 36.8 Å². The normalized spacial score (nSPS) is 23.4. The summed E-state index contributed by atoms with van der Waals surface area (Å²) in [7, 11) is -2.92. The Morgan fingerprint density at radius 1 is 1.37 bits per heavy atom. The van der Waals surface area contributed by atoms with E-state index in [9.17, 15) is 17.2 Å². The first-order chi connectivity index (χ1) is 8.87. The van der Waals surface area contributed by atoms with Crippen molar-refractivity contribution in [1.29, 1.82) is 0 Å². The summed E-state index contributed by atoms with van der Waals surface area (Å²) in [4.78, 5) is 0. The Morgan fingerprint density at radius 2 is 2.11 bits per heavy atom. The Bertz CT molecular complexity index is 560. The number of rotatable bonds is 4. The molecular formula is C13H17F2NO2S. The third-order valence-electron chi connectivity index (χ3n) is 3.48. The summed E-state index contributed by atoms with van der Waals surface area (Å²) < 4.78 is 49.2. The van der Waals surface area contributed by atoms with Crippen molar-refractivity contribution in [2.24, 2.45) is 11.7 Å². The van der Waals surface area contributed by atoms with Crippen LogP contribution in [0.2, 0.25) is 0 Å². The molecule has 0 amide bonds. The monoisotopic (exact) mass is 289 g/mol. The van der Waals surface area contributed by atoms with Crippen LogP contribution in [0.1, 0.15) is 18.4 Å². The molecule has 2 unspecified atom stereocenters. The van der Waals surface area contributed by atoms with E-state index in [0.29, 0.717) is 12.8 Å². The smallest absolute Gasteiger partial charge is 0.162 e. The highest BCUT2D eigenvalue weighted by molar-refractivity contribution is 7.91. The summed E-state index contributed by atoms with van der Waals surface area (Å²) in [6.07, 6.45) is 1.36. The van der Waals surface area contributed by atoms with Crippen molar-refractivity contribution >= 4 is 9.84 Å². The highest BCUT2D eigenvalue weighted by atomic mass is 32.2. The van der Waals surface area contributed by atoms with E-state index >= 15 is 0 Å². The van der Waals surface area contributed by atoms with E-state index < -0.39 is 21.5 Å². The fourth-order valence-electron chi connectivity index (χ4n) is 2.56. The maximum absolute atomic E-state index is 13.5. The Morgan fingerprint density at radius 3 is 2.74 bits per heavy atom. The van der Waals surface area contributed by atoms with Crippen LogP contribution in [0.5, 0.6) is 0 Å². The van der Waals surface area contributed by atoms with Crippen molar-refractivity contribution in [2.75, 3.05) is 11.5 Å². The number of halogens is 2. The lowest BCUT2D eigenvalue weighted by Gasteiger charge is -2.16. The molecule has 1 heterocycles. The molecule has 0 spiro atoms. The molecule has 1 aliphatic heterocycles. The van der Waals surface area contributed by atoms with Crippen molar-refractivity contribution in [3.05, 3.63) is 35.4 Å². The molecule has 6 heteroatoms. The largest absolute Gasteiger partial charge is 0.327 e. The fraction of sp³-hybridized carbons (Fsp3) is 0.538. The van der Waals surface area contributed by atoms with Crippen LogP contribution in [0, 0.1) is 17.6 Å². The lowest BCUT2D eigenvalue weighted by atomic mass is 9.95. The molecule has 1 aromatic carbocycles. The number of nitrogens with two attached hydrogens (primary N) is 1. The average molecular weight is 289 g/mol. The highest BCUT2D eigenvalue weighted by Crippen LogP contribution is 2.24. The molecule has 19 heavy (non-hydrogen) atoms. The summed E-state index contributed by atoms with van der Waals surface area (Å²) in [5.74, 6) is -1.34. The molecule has 0 aliphatic carbocycles. The van der Waals surface area contributed by atoms with Gasteiger partial charge in [-0.1, -0.05) is 12.1 Å². The van der Waals surface area contributed by atoms with Crippen molar-refractivity contribution in [1.82, 2.24) is 0 Å². The fourth-order valence-corrected chi connectivity index (χ4v) is 4.44. The van der Waals surface area contributed by atoms with E-state index in [1.165, 1.54) is 12.1 Å². The van der Waals surface area contributed by atoms with Gasteiger partial charge in [0.1, 0.15) is 0 Å². The molecule has 1 saturated heterocycles. The lowest BCUT2D eigenvalue weighted by molar-refractivity contribution is 0.453. The molecule has 3 nitrogen and oxygen atoms in total. The second-order valence-electron chi connectivity index (χ2n) is 5.18. The van der Waals surface area contributed by atoms with E-state index in [1.807, 2.05) is 0 Å². The summed E-state index contributed by atoms with van der Waals surface area (Å²) in [5, 5.41) is 0. The van der Waals surface area contributed by atoms with Crippen LogP contribution < -0.4 is 5.73 Å². The van der Waals surface area contributed by atoms with Gasteiger partial charge in [0.05, 0.1) is 11.5 Å². The second-order valence-corrected chi connectivity index (χ2v) is 7.41. The Hall–Kier alpha value is -1.01. The van der Waals surface area contributed by atoms with Gasteiger partial charge >= 0.3 is 0 Å². The molecular weight excluding hydrogens is 272 g/mol. The maximum atomic E-state index is 13.5. The zero-order valence-electron chi connectivity index (χ0n) is 10.5. The van der Waals surface area contributed by atoms with Crippen molar-refractivity contribution in [3.63, 3.8) is 0 Å². The third-order valence-corrected chi connectivity index (χ3v) is 5.31. The lowest BCUT2D eigenvalue weighted by Crippen LogP contribution is -2.27. The highest BCUT2D eigenvalue weighted by Gasteiger charge is 2.29. The molecule has 0 radical (unpaired) electrons. The van der Waals surface area contributed by atoms with E-state index in [1.54, 1.807) is 0 Å². The van der Waals surface area contributed by atoms with Gasteiger partial charge in [-0.15, -0.1) is 0 Å². The Labute approximate surface area is 111 Å². The minimum Gasteiger partial charge on any atom is -0.327 e. The molecule has 0 bridgehead atoms. The third kappa shape index (κ3) is 3.73. The number of hydrogen-bond donors (Lipinski definition) is 1. The van der Waals surface area contributed by atoms with Crippen LogP contribution in [-0.4, -0.2) is 26.0 Å². The van der Waals surface area contributed by atoms with E-state index in [2.05, 4.69) is 0 Å². The van der Waals surface area contributed by atoms with Crippen LogP contribution in [0.4, 0.5) is 8.78 Å².